The van der Waals surface area contributed by atoms with Gasteiger partial charge in [-0.05, 0) is 36.4 Å². The van der Waals surface area contributed by atoms with E-state index in [1.165, 1.54) is 23.9 Å². The number of benzene rings is 2. The van der Waals surface area contributed by atoms with Crippen LogP contribution < -0.4 is 10.2 Å². The molecule has 6 nitrogen and oxygen atoms in total. The molecule has 0 spiro atoms. The van der Waals surface area contributed by atoms with Crippen LogP contribution in [0.25, 0.3) is 0 Å². The van der Waals surface area contributed by atoms with E-state index in [-0.39, 0.29) is 22.8 Å². The predicted octanol–water partition coefficient (Wildman–Crippen LogP) is 5.27. The lowest BCUT2D eigenvalue weighted by atomic mass is 9.93. The number of rotatable bonds is 6. The first kappa shape index (κ1) is 25.2. The number of carbonyl (C=O) groups is 2. The topological polar surface area (TPSA) is 65.5 Å². The lowest BCUT2D eigenvalue weighted by Gasteiger charge is -2.36. The van der Waals surface area contributed by atoms with Crippen molar-refractivity contribution >= 4 is 46.3 Å². The summed E-state index contributed by atoms with van der Waals surface area (Å²) in [7, 11) is 0. The largest absolute Gasteiger partial charge is 0.368 e. The van der Waals surface area contributed by atoms with Gasteiger partial charge in [0.15, 0.2) is 4.34 Å². The summed E-state index contributed by atoms with van der Waals surface area (Å²) in [6.07, 6.45) is 0. The second-order valence-corrected chi connectivity index (χ2v) is 11.5. The fourth-order valence-electron chi connectivity index (χ4n) is 3.72. The summed E-state index contributed by atoms with van der Waals surface area (Å²) >= 11 is 3.01. The molecular weight excluding hydrogens is 483 g/mol. The van der Waals surface area contributed by atoms with Gasteiger partial charge in [-0.15, -0.1) is 11.3 Å². The van der Waals surface area contributed by atoms with Gasteiger partial charge in [0.1, 0.15) is 5.82 Å². The highest BCUT2D eigenvalue weighted by Gasteiger charge is 2.24. The first-order valence-electron chi connectivity index (χ1n) is 11.5. The second-order valence-electron chi connectivity index (χ2n) is 9.39. The zero-order chi connectivity index (χ0) is 25.0. The SMILES string of the molecule is CC(C)(C)c1csc(SCC(=O)Nc2ccc(N3CCN(C(=O)c4ccccc4F)CC3)cc2)n1. The second kappa shape index (κ2) is 10.8. The predicted molar refractivity (Wildman–Crippen MR) is 141 cm³/mol. The van der Waals surface area contributed by atoms with Crippen molar-refractivity contribution in [1.29, 1.82) is 0 Å². The summed E-state index contributed by atoms with van der Waals surface area (Å²) in [6.45, 7) is 8.74. The van der Waals surface area contributed by atoms with E-state index in [1.807, 2.05) is 24.3 Å². The van der Waals surface area contributed by atoms with Crippen molar-refractivity contribution in [2.24, 2.45) is 0 Å². The molecule has 2 heterocycles. The average Bonchev–Trinajstić information content (AvgIpc) is 3.33. The standard InChI is InChI=1S/C26H29FN4O2S2/c1-26(2,3)22-16-34-25(29-22)35-17-23(32)28-18-8-10-19(11-9-18)30-12-14-31(15-13-30)24(33)20-6-4-5-7-21(20)27/h4-11,16H,12-15,17H2,1-3H3,(H,28,32). The number of carbonyl (C=O) groups excluding carboxylic acids is 2. The summed E-state index contributed by atoms with van der Waals surface area (Å²) in [6, 6.07) is 13.8. The van der Waals surface area contributed by atoms with Gasteiger partial charge in [-0.2, -0.15) is 0 Å². The Hall–Kier alpha value is -2.91. The van der Waals surface area contributed by atoms with Crippen LogP contribution in [-0.2, 0) is 10.2 Å². The van der Waals surface area contributed by atoms with E-state index in [4.69, 9.17) is 0 Å². The lowest BCUT2D eigenvalue weighted by molar-refractivity contribution is -0.113. The van der Waals surface area contributed by atoms with Crippen LogP contribution in [0.1, 0.15) is 36.8 Å². The Labute approximate surface area is 213 Å². The number of thiazole rings is 1. The summed E-state index contributed by atoms with van der Waals surface area (Å²) in [5.41, 5.74) is 2.92. The van der Waals surface area contributed by atoms with Gasteiger partial charge in [-0.3, -0.25) is 9.59 Å². The van der Waals surface area contributed by atoms with Crippen LogP contribution in [0.15, 0.2) is 58.3 Å². The summed E-state index contributed by atoms with van der Waals surface area (Å²) in [5.74, 6) is -0.532. The molecule has 1 aliphatic heterocycles. The number of piperazine rings is 1. The van der Waals surface area contributed by atoms with Crippen LogP contribution in [0.3, 0.4) is 0 Å². The van der Waals surface area contributed by atoms with Gasteiger partial charge in [-0.1, -0.05) is 44.7 Å². The average molecular weight is 513 g/mol. The fourth-order valence-corrected chi connectivity index (χ4v) is 5.57. The highest BCUT2D eigenvalue weighted by atomic mass is 32.2. The van der Waals surface area contributed by atoms with Gasteiger partial charge in [-0.25, -0.2) is 9.37 Å². The van der Waals surface area contributed by atoms with E-state index in [0.717, 1.165) is 21.4 Å². The molecule has 1 N–H and O–H groups in total. The normalized spacial score (nSPS) is 14.2. The number of amides is 2. The minimum Gasteiger partial charge on any atom is -0.368 e. The molecule has 3 aromatic rings. The number of nitrogens with zero attached hydrogens (tertiary/aromatic N) is 3. The number of thioether (sulfide) groups is 1. The van der Waals surface area contributed by atoms with Gasteiger partial charge >= 0.3 is 0 Å². The fraction of sp³-hybridized carbons (Fsp3) is 0.346. The molecule has 35 heavy (non-hydrogen) atoms. The van der Waals surface area contributed by atoms with Crippen LogP contribution in [0.4, 0.5) is 15.8 Å². The summed E-state index contributed by atoms with van der Waals surface area (Å²) < 4.78 is 14.8. The Morgan fingerprint density at radius 1 is 1.06 bits per heavy atom. The van der Waals surface area contributed by atoms with Crippen molar-refractivity contribution in [2.75, 3.05) is 42.1 Å². The quantitative estimate of drug-likeness (QED) is 0.456. The van der Waals surface area contributed by atoms with E-state index in [0.29, 0.717) is 31.9 Å². The number of aromatic nitrogens is 1. The molecule has 0 saturated carbocycles. The maximum atomic E-state index is 14.0. The van der Waals surface area contributed by atoms with Crippen molar-refractivity contribution in [1.82, 2.24) is 9.88 Å². The third kappa shape index (κ3) is 6.41. The highest BCUT2D eigenvalue weighted by molar-refractivity contribution is 8.01. The molecule has 0 radical (unpaired) electrons. The summed E-state index contributed by atoms with van der Waals surface area (Å²) in [4.78, 5) is 33.5. The molecule has 0 bridgehead atoms. The Balaban J connectivity index is 1.25. The van der Waals surface area contributed by atoms with Crippen LogP contribution in [0.2, 0.25) is 0 Å². The van der Waals surface area contributed by atoms with Crippen molar-refractivity contribution in [2.45, 2.75) is 30.5 Å². The van der Waals surface area contributed by atoms with Gasteiger partial charge in [0, 0.05) is 48.3 Å². The summed E-state index contributed by atoms with van der Waals surface area (Å²) in [5, 5.41) is 4.99. The Morgan fingerprint density at radius 3 is 2.37 bits per heavy atom. The Bertz CT molecular complexity index is 1180. The van der Waals surface area contributed by atoms with Crippen molar-refractivity contribution in [3.63, 3.8) is 0 Å². The first-order valence-corrected chi connectivity index (χ1v) is 13.3. The van der Waals surface area contributed by atoms with E-state index in [9.17, 15) is 14.0 Å². The minimum absolute atomic E-state index is 0.00129. The van der Waals surface area contributed by atoms with E-state index in [2.05, 4.69) is 41.4 Å². The van der Waals surface area contributed by atoms with Crippen molar-refractivity contribution in [3.8, 4) is 0 Å². The smallest absolute Gasteiger partial charge is 0.256 e. The molecule has 0 unspecified atom stereocenters. The van der Waals surface area contributed by atoms with Crippen molar-refractivity contribution < 1.29 is 14.0 Å². The lowest BCUT2D eigenvalue weighted by Crippen LogP contribution is -2.49. The molecule has 184 valence electrons. The monoisotopic (exact) mass is 512 g/mol. The number of hydrogen-bond donors (Lipinski definition) is 1. The molecule has 1 fully saturated rings. The molecular formula is C26H29FN4O2S2. The van der Waals surface area contributed by atoms with Gasteiger partial charge in [0.2, 0.25) is 5.91 Å². The molecule has 1 aliphatic rings. The van der Waals surface area contributed by atoms with E-state index < -0.39 is 5.82 Å². The van der Waals surface area contributed by atoms with E-state index >= 15 is 0 Å². The van der Waals surface area contributed by atoms with Crippen LogP contribution in [-0.4, -0.2) is 53.6 Å². The number of nitrogens with one attached hydrogen (secondary N) is 1. The van der Waals surface area contributed by atoms with Crippen LogP contribution in [0.5, 0.6) is 0 Å². The van der Waals surface area contributed by atoms with E-state index in [1.54, 1.807) is 28.4 Å². The molecule has 2 amide bonds. The third-order valence-electron chi connectivity index (χ3n) is 5.77. The molecule has 9 heteroatoms. The number of hydrogen-bond acceptors (Lipinski definition) is 6. The number of anilines is 2. The van der Waals surface area contributed by atoms with Crippen LogP contribution >= 0.6 is 23.1 Å². The van der Waals surface area contributed by atoms with Crippen molar-refractivity contribution in [3.05, 3.63) is 71.0 Å². The van der Waals surface area contributed by atoms with Gasteiger partial charge in [0.25, 0.3) is 5.91 Å². The molecule has 0 aliphatic carbocycles. The Kier molecular flexibility index (Phi) is 7.76. The molecule has 4 rings (SSSR count). The zero-order valence-corrected chi connectivity index (χ0v) is 21.7. The number of halogens is 1. The maximum Gasteiger partial charge on any atom is 0.256 e. The molecule has 1 aromatic heterocycles. The minimum atomic E-state index is -0.489. The maximum absolute atomic E-state index is 14.0. The Morgan fingerprint density at radius 2 is 1.74 bits per heavy atom. The van der Waals surface area contributed by atoms with Gasteiger partial charge in [0.05, 0.1) is 17.0 Å². The molecule has 0 atom stereocenters. The zero-order valence-electron chi connectivity index (χ0n) is 20.1. The van der Waals surface area contributed by atoms with Gasteiger partial charge < -0.3 is 15.1 Å². The first-order chi connectivity index (χ1) is 16.7. The molecule has 2 aromatic carbocycles. The highest BCUT2D eigenvalue weighted by Crippen LogP contribution is 2.29. The third-order valence-corrected chi connectivity index (χ3v) is 7.79. The van der Waals surface area contributed by atoms with Crippen LogP contribution in [0, 0.1) is 5.82 Å². The molecule has 1 saturated heterocycles.